The van der Waals surface area contributed by atoms with Gasteiger partial charge in [0.05, 0.1) is 23.9 Å². The van der Waals surface area contributed by atoms with E-state index in [4.69, 9.17) is 14.5 Å². The summed E-state index contributed by atoms with van der Waals surface area (Å²) in [6.07, 6.45) is 0.271. The quantitative estimate of drug-likeness (QED) is 0.178. The summed E-state index contributed by atoms with van der Waals surface area (Å²) in [5, 5.41) is 0.663. The third-order valence-corrected chi connectivity index (χ3v) is 6.26. The molecule has 0 unspecified atom stereocenters. The van der Waals surface area contributed by atoms with Crippen molar-refractivity contribution in [2.75, 3.05) is 7.11 Å². The predicted molar refractivity (Wildman–Crippen MR) is 141 cm³/mol. The first-order chi connectivity index (χ1) is 16.9. The number of esters is 1. The largest absolute Gasteiger partial charge is 0.497 e. The third kappa shape index (κ3) is 5.43. The van der Waals surface area contributed by atoms with Crippen LogP contribution in [0.1, 0.15) is 46.0 Å². The number of ether oxygens (including phenoxy) is 2. The minimum absolute atomic E-state index is 0.204. The predicted octanol–water partition coefficient (Wildman–Crippen LogP) is 7.19. The van der Waals surface area contributed by atoms with Crippen LogP contribution in [0.2, 0.25) is 0 Å². The molecule has 4 rings (SSSR count). The second-order valence-electron chi connectivity index (χ2n) is 8.32. The molecule has 0 fully saturated rings. The van der Waals surface area contributed by atoms with E-state index in [1.165, 1.54) is 0 Å². The highest BCUT2D eigenvalue weighted by Gasteiger charge is 2.26. The molecule has 0 spiro atoms. The fourth-order valence-corrected chi connectivity index (χ4v) is 4.61. The average molecular weight is 532 g/mol. The Morgan fingerprint density at radius 1 is 1.00 bits per heavy atom. The van der Waals surface area contributed by atoms with Gasteiger partial charge in [-0.3, -0.25) is 4.79 Å². The van der Waals surface area contributed by atoms with Gasteiger partial charge in [0.1, 0.15) is 5.75 Å². The molecule has 5 nitrogen and oxygen atoms in total. The highest BCUT2D eigenvalue weighted by Crippen LogP contribution is 2.31. The van der Waals surface area contributed by atoms with Crippen LogP contribution >= 0.6 is 15.9 Å². The van der Waals surface area contributed by atoms with Crippen LogP contribution in [0.3, 0.4) is 0 Å². The number of fused-ring (bicyclic) bond motifs is 1. The Morgan fingerprint density at radius 2 is 1.77 bits per heavy atom. The lowest BCUT2D eigenvalue weighted by molar-refractivity contribution is 0.0268. The second-order valence-corrected chi connectivity index (χ2v) is 9.23. The van der Waals surface area contributed by atoms with Gasteiger partial charge < -0.3 is 9.47 Å². The number of methoxy groups -OCH3 is 1. The van der Waals surface area contributed by atoms with Gasteiger partial charge in [-0.1, -0.05) is 71.7 Å². The molecule has 0 aliphatic heterocycles. The molecule has 1 heterocycles. The van der Waals surface area contributed by atoms with E-state index < -0.39 is 12.1 Å². The van der Waals surface area contributed by atoms with Crippen LogP contribution in [0.5, 0.6) is 5.75 Å². The lowest BCUT2D eigenvalue weighted by Gasteiger charge is -2.18. The Morgan fingerprint density at radius 3 is 2.49 bits per heavy atom. The maximum atomic E-state index is 13.6. The number of carbonyl (C=O) groups is 2. The zero-order valence-corrected chi connectivity index (χ0v) is 21.5. The molecule has 0 aliphatic carbocycles. The minimum Gasteiger partial charge on any atom is -0.497 e. The summed E-state index contributed by atoms with van der Waals surface area (Å²) in [7, 11) is 1.61. The number of ketones is 1. The fraction of sp³-hybridized carbons (Fsp3) is 0.207. The second kappa shape index (κ2) is 10.8. The first kappa shape index (κ1) is 24.6. The van der Waals surface area contributed by atoms with Crippen molar-refractivity contribution >= 4 is 38.6 Å². The van der Waals surface area contributed by atoms with Gasteiger partial charge in [0.15, 0.2) is 6.10 Å². The van der Waals surface area contributed by atoms with Gasteiger partial charge in [-0.15, -0.1) is 0 Å². The zero-order valence-electron chi connectivity index (χ0n) is 19.9. The molecule has 1 atom stereocenters. The van der Waals surface area contributed by atoms with E-state index in [9.17, 15) is 9.59 Å². The molecule has 0 saturated carbocycles. The van der Waals surface area contributed by atoms with Gasteiger partial charge in [-0.2, -0.15) is 0 Å². The highest BCUT2D eigenvalue weighted by atomic mass is 79.9. The lowest BCUT2D eigenvalue weighted by atomic mass is 10.0. The van der Waals surface area contributed by atoms with Gasteiger partial charge >= 0.3 is 5.97 Å². The van der Waals surface area contributed by atoms with Crippen LogP contribution in [0.4, 0.5) is 0 Å². The maximum absolute atomic E-state index is 13.6. The van der Waals surface area contributed by atoms with Crippen LogP contribution in [0, 0.1) is 6.92 Å². The number of rotatable bonds is 8. The number of aromatic nitrogens is 1. The van der Waals surface area contributed by atoms with Crippen LogP contribution in [0.15, 0.2) is 77.3 Å². The molecule has 0 bridgehead atoms. The molecule has 178 valence electrons. The fourth-order valence-electron chi connectivity index (χ4n) is 4.04. The molecule has 1 aromatic heterocycles. The molecule has 3 aromatic carbocycles. The number of hydrogen-bond acceptors (Lipinski definition) is 5. The Kier molecular flexibility index (Phi) is 7.61. The Labute approximate surface area is 213 Å². The van der Waals surface area contributed by atoms with E-state index in [2.05, 4.69) is 15.9 Å². The number of nitrogens with zero attached hydrogens (tertiary/aromatic N) is 1. The number of halogens is 1. The van der Waals surface area contributed by atoms with Crippen molar-refractivity contribution in [2.24, 2.45) is 0 Å². The third-order valence-electron chi connectivity index (χ3n) is 5.81. The van der Waals surface area contributed by atoms with Gasteiger partial charge in [0.2, 0.25) is 5.78 Å². The van der Waals surface area contributed by atoms with Gasteiger partial charge in [0.25, 0.3) is 0 Å². The Bertz CT molecular complexity index is 1380. The molecule has 4 aromatic rings. The molecule has 0 aliphatic rings. The topological polar surface area (TPSA) is 65.5 Å². The van der Waals surface area contributed by atoms with E-state index in [-0.39, 0.29) is 5.78 Å². The van der Waals surface area contributed by atoms with Gasteiger partial charge in [-0.25, -0.2) is 9.78 Å². The summed E-state index contributed by atoms with van der Waals surface area (Å²) in [6.45, 7) is 3.91. The Hall–Kier alpha value is -3.51. The van der Waals surface area contributed by atoms with Crippen LogP contribution < -0.4 is 4.74 Å². The number of carbonyl (C=O) groups excluding carboxylic acids is 2. The summed E-state index contributed by atoms with van der Waals surface area (Å²) in [6, 6.07) is 22.0. The summed E-state index contributed by atoms with van der Waals surface area (Å²) in [5.74, 6) is -0.0659. The smallest absolute Gasteiger partial charge is 0.339 e. The Balaban J connectivity index is 1.80. The highest BCUT2D eigenvalue weighted by molar-refractivity contribution is 9.10. The lowest BCUT2D eigenvalue weighted by Crippen LogP contribution is -2.27. The summed E-state index contributed by atoms with van der Waals surface area (Å²) in [4.78, 5) is 31.5. The summed E-state index contributed by atoms with van der Waals surface area (Å²) >= 11 is 3.53. The van der Waals surface area contributed by atoms with Crippen molar-refractivity contribution in [3.63, 3.8) is 0 Å². The molecular weight excluding hydrogens is 506 g/mol. The van der Waals surface area contributed by atoms with Crippen LogP contribution in [-0.2, 0) is 4.74 Å². The van der Waals surface area contributed by atoms with E-state index in [0.29, 0.717) is 46.3 Å². The van der Waals surface area contributed by atoms with Gasteiger partial charge in [0, 0.05) is 21.0 Å². The molecule has 0 saturated heterocycles. The number of hydrogen-bond donors (Lipinski definition) is 0. The number of aryl methyl sites for hydroxylation is 1. The minimum atomic E-state index is -0.869. The summed E-state index contributed by atoms with van der Waals surface area (Å²) < 4.78 is 12.1. The number of pyridine rings is 1. The first-order valence-electron chi connectivity index (χ1n) is 11.5. The van der Waals surface area contributed by atoms with Crippen molar-refractivity contribution in [3.05, 3.63) is 94.0 Å². The van der Waals surface area contributed by atoms with Crippen LogP contribution in [-0.4, -0.2) is 30.0 Å². The monoisotopic (exact) mass is 531 g/mol. The molecule has 0 amide bonds. The maximum Gasteiger partial charge on any atom is 0.339 e. The van der Waals surface area contributed by atoms with E-state index >= 15 is 0 Å². The molecular formula is C29H26BrNO4. The standard InChI is InChI=1S/C29H26BrNO4/c1-4-9-26(28(32)19-10-6-5-7-11-19)35-29(33)24-17-25(20-12-8-13-22(15-20)34-3)31-27-18(2)14-21(30)16-23(24)27/h5-8,10-17,26H,4,9H2,1-3H3/t26-/m0/s1. The van der Waals surface area contributed by atoms with Gasteiger partial charge in [-0.05, 0) is 49.2 Å². The first-order valence-corrected chi connectivity index (χ1v) is 12.3. The number of Topliss-reactive ketones (excluding diaryl/α,β-unsaturated/α-hetero) is 1. The molecule has 0 N–H and O–H groups in total. The van der Waals surface area contributed by atoms with E-state index in [1.807, 2.05) is 56.3 Å². The average Bonchev–Trinajstić information content (AvgIpc) is 2.88. The molecule has 35 heavy (non-hydrogen) atoms. The number of benzene rings is 3. The van der Waals surface area contributed by atoms with Crippen LogP contribution in [0.25, 0.3) is 22.2 Å². The summed E-state index contributed by atoms with van der Waals surface area (Å²) in [5.41, 5.74) is 3.93. The van der Waals surface area contributed by atoms with Crippen molar-refractivity contribution in [3.8, 4) is 17.0 Å². The van der Waals surface area contributed by atoms with Crippen molar-refractivity contribution in [2.45, 2.75) is 32.8 Å². The SMILES string of the molecule is CCC[C@H](OC(=O)c1cc(-c2cccc(OC)c2)nc2c(C)cc(Br)cc12)C(=O)c1ccccc1. The van der Waals surface area contributed by atoms with E-state index in [0.717, 1.165) is 15.6 Å². The van der Waals surface area contributed by atoms with E-state index in [1.54, 1.807) is 37.4 Å². The normalized spacial score (nSPS) is 11.8. The van der Waals surface area contributed by atoms with Crippen molar-refractivity contribution < 1.29 is 19.1 Å². The molecule has 0 radical (unpaired) electrons. The molecule has 6 heteroatoms. The zero-order chi connectivity index (χ0) is 24.9. The van der Waals surface area contributed by atoms with Crippen molar-refractivity contribution in [1.82, 2.24) is 4.98 Å². The van der Waals surface area contributed by atoms with Crippen molar-refractivity contribution in [1.29, 1.82) is 0 Å².